The quantitative estimate of drug-likeness (QED) is 0.418. The van der Waals surface area contributed by atoms with Crippen LogP contribution in [-0.2, 0) is 19.5 Å². The standard InChI is InChI=1S/C25H22BrN5/c26-21-6-2-18(3-7-21)23-10-1-17(13-28-23)15-31-12-11-24-20(16-31)14-29-25(30-24)19-4-8-22(27)9-5-19/h1-10,13-14H,11-12,15-16,27H2. The van der Waals surface area contributed by atoms with Crippen molar-refractivity contribution in [2.24, 2.45) is 0 Å². The minimum Gasteiger partial charge on any atom is -0.399 e. The molecule has 3 heterocycles. The molecule has 0 atom stereocenters. The van der Waals surface area contributed by atoms with Crippen LogP contribution in [0.2, 0.25) is 0 Å². The van der Waals surface area contributed by atoms with Crippen LogP contribution in [-0.4, -0.2) is 26.4 Å². The Morgan fingerprint density at radius 1 is 0.871 bits per heavy atom. The Labute approximate surface area is 190 Å². The summed E-state index contributed by atoms with van der Waals surface area (Å²) in [7, 11) is 0. The minimum absolute atomic E-state index is 0.747. The van der Waals surface area contributed by atoms with Gasteiger partial charge in [-0.25, -0.2) is 9.97 Å². The lowest BCUT2D eigenvalue weighted by Gasteiger charge is -2.28. The lowest BCUT2D eigenvalue weighted by molar-refractivity contribution is 0.242. The van der Waals surface area contributed by atoms with Gasteiger partial charge < -0.3 is 5.73 Å². The van der Waals surface area contributed by atoms with E-state index >= 15 is 0 Å². The van der Waals surface area contributed by atoms with E-state index in [-0.39, 0.29) is 0 Å². The predicted molar refractivity (Wildman–Crippen MR) is 127 cm³/mol. The van der Waals surface area contributed by atoms with Gasteiger partial charge in [0.2, 0.25) is 0 Å². The first kappa shape index (κ1) is 19.8. The molecule has 2 aromatic carbocycles. The molecule has 0 aliphatic carbocycles. The second-order valence-corrected chi connectivity index (χ2v) is 8.72. The SMILES string of the molecule is Nc1ccc(-c2ncc3c(n2)CCN(Cc2ccc(-c4ccc(Br)cc4)nc2)C3)cc1. The highest BCUT2D eigenvalue weighted by Gasteiger charge is 2.19. The number of pyridine rings is 1. The number of anilines is 1. The second kappa shape index (κ2) is 8.57. The zero-order chi connectivity index (χ0) is 21.2. The van der Waals surface area contributed by atoms with Gasteiger partial charge in [0.15, 0.2) is 5.82 Å². The molecule has 0 radical (unpaired) electrons. The van der Waals surface area contributed by atoms with Crippen molar-refractivity contribution in [2.75, 3.05) is 12.3 Å². The van der Waals surface area contributed by atoms with Crippen LogP contribution in [0.5, 0.6) is 0 Å². The topological polar surface area (TPSA) is 67.9 Å². The highest BCUT2D eigenvalue weighted by atomic mass is 79.9. The Bertz CT molecular complexity index is 1190. The molecule has 1 aliphatic heterocycles. The first-order chi connectivity index (χ1) is 15.1. The van der Waals surface area contributed by atoms with Gasteiger partial charge in [0.05, 0.1) is 11.4 Å². The van der Waals surface area contributed by atoms with Crippen LogP contribution in [0.1, 0.15) is 16.8 Å². The van der Waals surface area contributed by atoms with Crippen LogP contribution < -0.4 is 5.73 Å². The molecule has 0 spiro atoms. The van der Waals surface area contributed by atoms with Gasteiger partial charge in [0.1, 0.15) is 0 Å². The molecular weight excluding hydrogens is 450 g/mol. The number of nitrogen functional groups attached to an aromatic ring is 1. The average molecular weight is 472 g/mol. The fraction of sp³-hybridized carbons (Fsp3) is 0.160. The van der Waals surface area contributed by atoms with Gasteiger partial charge in [-0.3, -0.25) is 9.88 Å². The van der Waals surface area contributed by atoms with E-state index in [1.165, 1.54) is 11.1 Å². The van der Waals surface area contributed by atoms with Crippen LogP contribution in [0, 0.1) is 0 Å². The van der Waals surface area contributed by atoms with E-state index in [1.807, 2.05) is 48.8 Å². The normalized spacial score (nSPS) is 13.7. The van der Waals surface area contributed by atoms with Crippen molar-refractivity contribution in [3.05, 3.63) is 94.4 Å². The molecule has 0 fully saturated rings. The molecule has 154 valence electrons. The van der Waals surface area contributed by atoms with Crippen LogP contribution in [0.4, 0.5) is 5.69 Å². The third-order valence-electron chi connectivity index (χ3n) is 5.55. The molecule has 2 aromatic heterocycles. The molecule has 0 unspecified atom stereocenters. The van der Waals surface area contributed by atoms with Crippen molar-refractivity contribution >= 4 is 21.6 Å². The molecule has 0 bridgehead atoms. The number of benzene rings is 2. The first-order valence-corrected chi connectivity index (χ1v) is 11.1. The summed E-state index contributed by atoms with van der Waals surface area (Å²) in [6.07, 6.45) is 4.87. The van der Waals surface area contributed by atoms with E-state index < -0.39 is 0 Å². The number of hydrogen-bond donors (Lipinski definition) is 1. The summed E-state index contributed by atoms with van der Waals surface area (Å²) in [6.45, 7) is 2.69. The van der Waals surface area contributed by atoms with Crippen molar-refractivity contribution in [2.45, 2.75) is 19.5 Å². The maximum Gasteiger partial charge on any atom is 0.159 e. The van der Waals surface area contributed by atoms with Crippen molar-refractivity contribution in [3.63, 3.8) is 0 Å². The largest absolute Gasteiger partial charge is 0.399 e. The first-order valence-electron chi connectivity index (χ1n) is 10.3. The number of nitrogens with two attached hydrogens (primary N) is 1. The van der Waals surface area contributed by atoms with E-state index in [9.17, 15) is 0 Å². The fourth-order valence-corrected chi connectivity index (χ4v) is 4.11. The average Bonchev–Trinajstić information content (AvgIpc) is 2.80. The number of nitrogens with zero attached hydrogens (tertiary/aromatic N) is 4. The molecular formula is C25H22BrN5. The van der Waals surface area contributed by atoms with E-state index in [1.54, 1.807) is 0 Å². The fourth-order valence-electron chi connectivity index (χ4n) is 3.85. The van der Waals surface area contributed by atoms with Gasteiger partial charge in [-0.1, -0.05) is 34.1 Å². The molecule has 5 rings (SSSR count). The summed E-state index contributed by atoms with van der Waals surface area (Å²) >= 11 is 3.48. The third-order valence-corrected chi connectivity index (χ3v) is 6.08. The summed E-state index contributed by atoms with van der Waals surface area (Å²) in [5, 5.41) is 0. The highest BCUT2D eigenvalue weighted by Crippen LogP contribution is 2.24. The molecule has 6 heteroatoms. The van der Waals surface area contributed by atoms with Gasteiger partial charge in [0.25, 0.3) is 0 Å². The maximum absolute atomic E-state index is 5.78. The second-order valence-electron chi connectivity index (χ2n) is 7.81. The molecule has 0 amide bonds. The van der Waals surface area contributed by atoms with Gasteiger partial charge in [-0.05, 0) is 48.0 Å². The van der Waals surface area contributed by atoms with Crippen molar-refractivity contribution < 1.29 is 0 Å². The van der Waals surface area contributed by atoms with Crippen LogP contribution in [0.3, 0.4) is 0 Å². The Balaban J connectivity index is 1.26. The predicted octanol–water partition coefficient (Wildman–Crippen LogP) is 5.11. The highest BCUT2D eigenvalue weighted by molar-refractivity contribution is 9.10. The summed E-state index contributed by atoms with van der Waals surface area (Å²) in [6, 6.07) is 20.2. The number of hydrogen-bond acceptors (Lipinski definition) is 5. The van der Waals surface area contributed by atoms with Crippen molar-refractivity contribution in [1.82, 2.24) is 19.9 Å². The number of aromatic nitrogens is 3. The van der Waals surface area contributed by atoms with Crippen molar-refractivity contribution in [1.29, 1.82) is 0 Å². The number of fused-ring (bicyclic) bond motifs is 1. The zero-order valence-corrected chi connectivity index (χ0v) is 18.6. The zero-order valence-electron chi connectivity index (χ0n) is 17.0. The van der Waals surface area contributed by atoms with Gasteiger partial charge >= 0.3 is 0 Å². The van der Waals surface area contributed by atoms with E-state index in [2.05, 4.69) is 55.1 Å². The third kappa shape index (κ3) is 4.50. The molecule has 31 heavy (non-hydrogen) atoms. The van der Waals surface area contributed by atoms with Gasteiger partial charge in [-0.2, -0.15) is 0 Å². The van der Waals surface area contributed by atoms with Gasteiger partial charge in [0, 0.05) is 65.3 Å². The number of halogens is 1. The van der Waals surface area contributed by atoms with Crippen LogP contribution in [0.25, 0.3) is 22.6 Å². The van der Waals surface area contributed by atoms with Crippen LogP contribution in [0.15, 0.2) is 77.5 Å². The molecule has 5 nitrogen and oxygen atoms in total. The lowest BCUT2D eigenvalue weighted by Crippen LogP contribution is -2.31. The number of rotatable bonds is 4. The molecule has 0 saturated heterocycles. The van der Waals surface area contributed by atoms with E-state index in [4.69, 9.17) is 10.7 Å². The van der Waals surface area contributed by atoms with E-state index in [0.29, 0.717) is 0 Å². The smallest absolute Gasteiger partial charge is 0.159 e. The summed E-state index contributed by atoms with van der Waals surface area (Å²) in [4.78, 5) is 16.5. The maximum atomic E-state index is 5.78. The Hall–Kier alpha value is -3.09. The van der Waals surface area contributed by atoms with Gasteiger partial charge in [-0.15, -0.1) is 0 Å². The summed E-state index contributed by atoms with van der Waals surface area (Å²) < 4.78 is 1.07. The monoisotopic (exact) mass is 471 g/mol. The summed E-state index contributed by atoms with van der Waals surface area (Å²) in [5.74, 6) is 0.764. The summed E-state index contributed by atoms with van der Waals surface area (Å²) in [5.41, 5.74) is 13.2. The lowest BCUT2D eigenvalue weighted by atomic mass is 10.1. The Morgan fingerprint density at radius 3 is 2.39 bits per heavy atom. The Morgan fingerprint density at radius 2 is 1.65 bits per heavy atom. The van der Waals surface area contributed by atoms with Crippen LogP contribution >= 0.6 is 15.9 Å². The minimum atomic E-state index is 0.747. The molecule has 0 saturated carbocycles. The molecule has 2 N–H and O–H groups in total. The molecule has 4 aromatic rings. The Kier molecular flexibility index (Phi) is 5.49. The molecule has 1 aliphatic rings. The van der Waals surface area contributed by atoms with Crippen molar-refractivity contribution in [3.8, 4) is 22.6 Å². The van der Waals surface area contributed by atoms with E-state index in [0.717, 1.165) is 64.6 Å².